The lowest BCUT2D eigenvalue weighted by Crippen LogP contribution is -2.40. The van der Waals surface area contributed by atoms with Gasteiger partial charge in [0, 0.05) is 36.0 Å². The van der Waals surface area contributed by atoms with Gasteiger partial charge in [-0.3, -0.25) is 9.59 Å². The minimum atomic E-state index is -0.0714. The van der Waals surface area contributed by atoms with Gasteiger partial charge >= 0.3 is 0 Å². The third-order valence-corrected chi connectivity index (χ3v) is 4.47. The van der Waals surface area contributed by atoms with Gasteiger partial charge < -0.3 is 16.4 Å². The molecule has 1 aliphatic carbocycles. The maximum atomic E-state index is 11.8. The van der Waals surface area contributed by atoms with Crippen molar-refractivity contribution in [3.63, 3.8) is 0 Å². The molecule has 0 aliphatic heterocycles. The van der Waals surface area contributed by atoms with Crippen molar-refractivity contribution in [1.82, 2.24) is 10.6 Å². The second kappa shape index (κ2) is 8.14. The molecule has 4 N–H and O–H groups in total. The van der Waals surface area contributed by atoms with Crippen LogP contribution in [0.25, 0.3) is 0 Å². The van der Waals surface area contributed by atoms with Crippen LogP contribution in [0, 0.1) is 0 Å². The van der Waals surface area contributed by atoms with Crippen molar-refractivity contribution < 1.29 is 9.59 Å². The van der Waals surface area contributed by atoms with E-state index in [0.717, 1.165) is 25.7 Å². The average molecular weight is 309 g/mol. The number of thiophene rings is 1. The molecule has 0 spiro atoms. The van der Waals surface area contributed by atoms with Crippen LogP contribution in [-0.2, 0) is 4.79 Å². The summed E-state index contributed by atoms with van der Waals surface area (Å²) >= 11 is 1.50. The molecule has 1 aromatic heterocycles. The monoisotopic (exact) mass is 309 g/mol. The molecule has 0 radical (unpaired) electrons. The third kappa shape index (κ3) is 5.47. The van der Waals surface area contributed by atoms with Crippen molar-refractivity contribution in [3.05, 3.63) is 22.4 Å². The molecule has 1 aromatic rings. The van der Waals surface area contributed by atoms with E-state index in [-0.39, 0.29) is 17.9 Å². The molecule has 5 nitrogen and oxygen atoms in total. The Morgan fingerprint density at radius 1 is 1.29 bits per heavy atom. The lowest BCUT2D eigenvalue weighted by Gasteiger charge is -2.26. The predicted molar refractivity (Wildman–Crippen MR) is 84.3 cm³/mol. The van der Waals surface area contributed by atoms with E-state index < -0.39 is 0 Å². The second-order valence-corrected chi connectivity index (χ2v) is 6.33. The molecule has 116 valence electrons. The topological polar surface area (TPSA) is 84.2 Å². The Labute approximate surface area is 129 Å². The molecule has 2 amide bonds. The molecule has 6 heteroatoms. The number of hydrogen-bond donors (Lipinski definition) is 3. The largest absolute Gasteiger partial charge is 0.353 e. The minimum absolute atomic E-state index is 0.0697. The normalized spacial score (nSPS) is 21.8. The van der Waals surface area contributed by atoms with E-state index in [1.54, 1.807) is 6.07 Å². The van der Waals surface area contributed by atoms with Gasteiger partial charge in [-0.25, -0.2) is 0 Å². The first-order chi connectivity index (χ1) is 10.1. The summed E-state index contributed by atoms with van der Waals surface area (Å²) in [4.78, 5) is 23.5. The van der Waals surface area contributed by atoms with Gasteiger partial charge in [0.05, 0.1) is 0 Å². The summed E-state index contributed by atoms with van der Waals surface area (Å²) in [6, 6.07) is 2.36. The van der Waals surface area contributed by atoms with Gasteiger partial charge in [-0.1, -0.05) is 0 Å². The SMILES string of the molecule is NC1CCC(NC(=O)CCCNC(=O)c2ccsc2)CC1. The van der Waals surface area contributed by atoms with Crippen LogP contribution in [0.3, 0.4) is 0 Å². The van der Waals surface area contributed by atoms with Crippen LogP contribution in [0.5, 0.6) is 0 Å². The van der Waals surface area contributed by atoms with E-state index in [9.17, 15) is 9.59 Å². The molecule has 0 bridgehead atoms. The Kier molecular flexibility index (Phi) is 6.20. The summed E-state index contributed by atoms with van der Waals surface area (Å²) in [6.07, 6.45) is 5.04. The van der Waals surface area contributed by atoms with Crippen LogP contribution in [-0.4, -0.2) is 30.4 Å². The fraction of sp³-hybridized carbons (Fsp3) is 0.600. The molecule has 0 saturated heterocycles. The molecule has 21 heavy (non-hydrogen) atoms. The Morgan fingerprint density at radius 2 is 2.05 bits per heavy atom. The fourth-order valence-electron chi connectivity index (χ4n) is 2.51. The van der Waals surface area contributed by atoms with Gasteiger partial charge in [0.25, 0.3) is 5.91 Å². The smallest absolute Gasteiger partial charge is 0.252 e. The maximum Gasteiger partial charge on any atom is 0.252 e. The van der Waals surface area contributed by atoms with Crippen molar-refractivity contribution >= 4 is 23.2 Å². The van der Waals surface area contributed by atoms with E-state index >= 15 is 0 Å². The molecule has 1 heterocycles. The number of hydrogen-bond acceptors (Lipinski definition) is 4. The highest BCUT2D eigenvalue weighted by Crippen LogP contribution is 2.16. The molecule has 2 rings (SSSR count). The number of carbonyl (C=O) groups excluding carboxylic acids is 2. The summed E-state index contributed by atoms with van der Waals surface area (Å²) in [6.45, 7) is 0.525. The van der Waals surface area contributed by atoms with Gasteiger partial charge in [0.15, 0.2) is 0 Å². The molecule has 1 aliphatic rings. The summed E-state index contributed by atoms with van der Waals surface area (Å²) in [5.41, 5.74) is 6.53. The minimum Gasteiger partial charge on any atom is -0.353 e. The summed E-state index contributed by atoms with van der Waals surface area (Å²) in [7, 11) is 0. The Balaban J connectivity index is 1.56. The van der Waals surface area contributed by atoms with Crippen LogP contribution < -0.4 is 16.4 Å². The van der Waals surface area contributed by atoms with Crippen molar-refractivity contribution in [1.29, 1.82) is 0 Å². The van der Waals surface area contributed by atoms with Crippen LogP contribution >= 0.6 is 11.3 Å². The van der Waals surface area contributed by atoms with E-state index in [1.165, 1.54) is 11.3 Å². The molecule has 0 aromatic carbocycles. The summed E-state index contributed by atoms with van der Waals surface area (Å²) in [5, 5.41) is 9.56. The predicted octanol–water partition coefficient (Wildman–Crippen LogP) is 1.64. The zero-order chi connectivity index (χ0) is 15.1. The fourth-order valence-corrected chi connectivity index (χ4v) is 3.15. The number of carbonyl (C=O) groups is 2. The third-order valence-electron chi connectivity index (χ3n) is 3.79. The highest BCUT2D eigenvalue weighted by Gasteiger charge is 2.19. The first kappa shape index (κ1) is 16.0. The maximum absolute atomic E-state index is 11.8. The van der Waals surface area contributed by atoms with Gasteiger partial charge in [0.1, 0.15) is 0 Å². The van der Waals surface area contributed by atoms with E-state index in [4.69, 9.17) is 5.73 Å². The molecule has 1 saturated carbocycles. The average Bonchev–Trinajstić information content (AvgIpc) is 3.00. The van der Waals surface area contributed by atoms with Gasteiger partial charge in [0.2, 0.25) is 5.91 Å². The number of amides is 2. The quantitative estimate of drug-likeness (QED) is 0.699. The first-order valence-corrected chi connectivity index (χ1v) is 8.45. The van der Waals surface area contributed by atoms with Crippen LogP contribution in [0.15, 0.2) is 16.8 Å². The van der Waals surface area contributed by atoms with Crippen molar-refractivity contribution in [3.8, 4) is 0 Å². The van der Waals surface area contributed by atoms with E-state index in [0.29, 0.717) is 31.0 Å². The summed E-state index contributed by atoms with van der Waals surface area (Å²) < 4.78 is 0. The lowest BCUT2D eigenvalue weighted by molar-refractivity contribution is -0.122. The van der Waals surface area contributed by atoms with E-state index in [2.05, 4.69) is 10.6 Å². The number of rotatable bonds is 6. The van der Waals surface area contributed by atoms with Crippen molar-refractivity contribution in [2.24, 2.45) is 5.73 Å². The Morgan fingerprint density at radius 3 is 2.71 bits per heavy atom. The molecule has 0 atom stereocenters. The zero-order valence-corrected chi connectivity index (χ0v) is 13.0. The summed E-state index contributed by atoms with van der Waals surface area (Å²) in [5.74, 6) is -0.00169. The number of nitrogens with one attached hydrogen (secondary N) is 2. The van der Waals surface area contributed by atoms with Crippen LogP contribution in [0.4, 0.5) is 0 Å². The van der Waals surface area contributed by atoms with E-state index in [1.807, 2.05) is 10.8 Å². The Hall–Kier alpha value is -1.40. The van der Waals surface area contributed by atoms with Crippen molar-refractivity contribution in [2.45, 2.75) is 50.6 Å². The molecular weight excluding hydrogens is 286 g/mol. The second-order valence-electron chi connectivity index (χ2n) is 5.55. The molecular formula is C15H23N3O2S. The van der Waals surface area contributed by atoms with Crippen LogP contribution in [0.1, 0.15) is 48.9 Å². The van der Waals surface area contributed by atoms with Gasteiger partial charge in [-0.2, -0.15) is 11.3 Å². The standard InChI is InChI=1S/C15H23N3O2S/c16-12-3-5-13(6-4-12)18-14(19)2-1-8-17-15(20)11-7-9-21-10-11/h7,9-10,12-13H,1-6,8,16H2,(H,17,20)(H,18,19). The first-order valence-electron chi connectivity index (χ1n) is 7.50. The number of nitrogens with two attached hydrogens (primary N) is 1. The molecule has 0 unspecified atom stereocenters. The highest BCUT2D eigenvalue weighted by atomic mass is 32.1. The van der Waals surface area contributed by atoms with Gasteiger partial charge in [-0.15, -0.1) is 0 Å². The molecule has 1 fully saturated rings. The van der Waals surface area contributed by atoms with Crippen LogP contribution in [0.2, 0.25) is 0 Å². The zero-order valence-electron chi connectivity index (χ0n) is 12.1. The van der Waals surface area contributed by atoms with Gasteiger partial charge in [-0.05, 0) is 43.6 Å². The Bertz CT molecular complexity index is 453. The van der Waals surface area contributed by atoms with Crippen molar-refractivity contribution in [2.75, 3.05) is 6.54 Å². The highest BCUT2D eigenvalue weighted by molar-refractivity contribution is 7.08. The lowest BCUT2D eigenvalue weighted by atomic mass is 9.92.